The highest BCUT2D eigenvalue weighted by Gasteiger charge is 2.32. The molecule has 0 saturated carbocycles. The number of carbonyl (C=O) groups excluding carboxylic acids is 3. The average Bonchev–Trinajstić information content (AvgIpc) is 2.86. The monoisotopic (exact) mass is 502 g/mol. The number of nitrogens with one attached hydrogen (secondary N) is 3. The topological polar surface area (TPSA) is 118 Å². The lowest BCUT2D eigenvalue weighted by atomic mass is 10.0. The van der Waals surface area contributed by atoms with Crippen LogP contribution in [0.5, 0.6) is 0 Å². The van der Waals surface area contributed by atoms with Gasteiger partial charge < -0.3 is 25.0 Å². The number of hydroxylamine groups is 1. The maximum absolute atomic E-state index is 13.6. The molecule has 4 amide bonds. The summed E-state index contributed by atoms with van der Waals surface area (Å²) in [5.74, 6) is -0.846. The first-order chi connectivity index (χ1) is 17.3. The molecule has 10 heteroatoms. The molecule has 0 aliphatic rings. The van der Waals surface area contributed by atoms with Gasteiger partial charge in [0.15, 0.2) is 12.9 Å². The number of nitrogens with zero attached hydrogens (tertiary/aromatic N) is 1. The van der Waals surface area contributed by atoms with Crippen LogP contribution in [0, 0.1) is 0 Å². The van der Waals surface area contributed by atoms with E-state index in [1.807, 2.05) is 63.2 Å². The van der Waals surface area contributed by atoms with Gasteiger partial charge in [-0.15, -0.1) is 0 Å². The van der Waals surface area contributed by atoms with Crippen molar-refractivity contribution < 1.29 is 28.7 Å². The minimum Gasteiger partial charge on any atom is -0.351 e. The molecule has 2 atom stereocenters. The van der Waals surface area contributed by atoms with Crippen LogP contribution in [0.25, 0.3) is 10.8 Å². The first kappa shape index (κ1) is 29.0. The molecule has 0 fully saturated rings. The summed E-state index contributed by atoms with van der Waals surface area (Å²) in [4.78, 5) is 43.9. The summed E-state index contributed by atoms with van der Waals surface area (Å²) in [6.07, 6.45) is -0.633. The SMILES string of the molecule is CCNC(=O)NOCC(=O)NC(C)C(=O)N(Cc1cccc2ccccc12)C(C)C(OCC)OCC. The summed E-state index contributed by atoms with van der Waals surface area (Å²) in [6.45, 7) is 10.1. The van der Waals surface area contributed by atoms with Crippen LogP contribution in [0.3, 0.4) is 0 Å². The van der Waals surface area contributed by atoms with Gasteiger partial charge in [0.05, 0.1) is 6.04 Å². The van der Waals surface area contributed by atoms with Crippen LogP contribution < -0.4 is 16.1 Å². The van der Waals surface area contributed by atoms with Gasteiger partial charge in [0, 0.05) is 26.3 Å². The third kappa shape index (κ3) is 8.47. The van der Waals surface area contributed by atoms with Crippen molar-refractivity contribution in [3.05, 3.63) is 48.0 Å². The Morgan fingerprint density at radius 2 is 1.61 bits per heavy atom. The smallest absolute Gasteiger partial charge is 0.338 e. The van der Waals surface area contributed by atoms with Crippen LogP contribution in [0.4, 0.5) is 4.79 Å². The van der Waals surface area contributed by atoms with Gasteiger partial charge in [-0.2, -0.15) is 0 Å². The van der Waals surface area contributed by atoms with Crippen molar-refractivity contribution in [3.8, 4) is 0 Å². The maximum atomic E-state index is 13.6. The lowest BCUT2D eigenvalue weighted by Crippen LogP contribution is -2.54. The molecule has 0 aliphatic carbocycles. The summed E-state index contributed by atoms with van der Waals surface area (Å²) in [5.41, 5.74) is 3.08. The maximum Gasteiger partial charge on any atom is 0.338 e. The normalized spacial score (nSPS) is 12.7. The van der Waals surface area contributed by atoms with E-state index in [0.717, 1.165) is 16.3 Å². The number of ether oxygens (including phenoxy) is 2. The summed E-state index contributed by atoms with van der Waals surface area (Å²) in [5, 5.41) is 7.23. The quantitative estimate of drug-likeness (QED) is 0.270. The van der Waals surface area contributed by atoms with Gasteiger partial charge in [0.25, 0.3) is 0 Å². The fraction of sp³-hybridized carbons (Fsp3) is 0.500. The molecule has 198 valence electrons. The third-order valence-electron chi connectivity index (χ3n) is 5.50. The van der Waals surface area contributed by atoms with Crippen molar-refractivity contribution >= 4 is 28.6 Å². The van der Waals surface area contributed by atoms with E-state index in [9.17, 15) is 14.4 Å². The number of fused-ring (bicyclic) bond motifs is 1. The summed E-state index contributed by atoms with van der Waals surface area (Å²) >= 11 is 0. The number of urea groups is 1. The number of hydrogen-bond acceptors (Lipinski definition) is 6. The lowest BCUT2D eigenvalue weighted by Gasteiger charge is -2.36. The van der Waals surface area contributed by atoms with Crippen LogP contribution in [-0.2, 0) is 30.4 Å². The molecule has 2 unspecified atom stereocenters. The van der Waals surface area contributed by atoms with Gasteiger partial charge >= 0.3 is 6.03 Å². The van der Waals surface area contributed by atoms with E-state index in [2.05, 4.69) is 16.1 Å². The molecule has 0 aromatic heterocycles. The highest BCUT2D eigenvalue weighted by Crippen LogP contribution is 2.23. The Hall–Kier alpha value is -3.21. The molecule has 36 heavy (non-hydrogen) atoms. The van der Waals surface area contributed by atoms with Gasteiger partial charge in [0.2, 0.25) is 11.8 Å². The van der Waals surface area contributed by atoms with Gasteiger partial charge in [-0.3, -0.25) is 14.4 Å². The number of benzene rings is 2. The van der Waals surface area contributed by atoms with E-state index in [4.69, 9.17) is 14.3 Å². The second-order valence-electron chi connectivity index (χ2n) is 8.16. The van der Waals surface area contributed by atoms with E-state index in [-0.39, 0.29) is 5.91 Å². The Morgan fingerprint density at radius 3 is 2.28 bits per heavy atom. The van der Waals surface area contributed by atoms with Crippen LogP contribution in [-0.4, -0.2) is 67.5 Å². The third-order valence-corrected chi connectivity index (χ3v) is 5.50. The predicted octanol–water partition coefficient (Wildman–Crippen LogP) is 2.71. The molecular formula is C26H38N4O6. The zero-order valence-electron chi connectivity index (χ0n) is 21.7. The van der Waals surface area contributed by atoms with E-state index in [0.29, 0.717) is 26.3 Å². The van der Waals surface area contributed by atoms with E-state index >= 15 is 0 Å². The Kier molecular flexibility index (Phi) is 12.1. The molecule has 0 radical (unpaired) electrons. The van der Waals surface area contributed by atoms with Crippen LogP contribution in [0.15, 0.2) is 42.5 Å². The molecule has 0 bridgehead atoms. The van der Waals surface area contributed by atoms with Crippen molar-refractivity contribution in [1.29, 1.82) is 0 Å². The molecule has 0 spiro atoms. The molecule has 2 aromatic carbocycles. The Morgan fingerprint density at radius 1 is 0.944 bits per heavy atom. The van der Waals surface area contributed by atoms with Crippen LogP contribution >= 0.6 is 0 Å². The zero-order valence-corrected chi connectivity index (χ0v) is 21.7. The summed E-state index contributed by atoms with van der Waals surface area (Å²) < 4.78 is 11.6. The van der Waals surface area contributed by atoms with Gasteiger partial charge in [-0.25, -0.2) is 10.3 Å². The fourth-order valence-electron chi connectivity index (χ4n) is 3.80. The number of rotatable bonds is 14. The fourth-order valence-corrected chi connectivity index (χ4v) is 3.80. The molecule has 10 nitrogen and oxygen atoms in total. The first-order valence-corrected chi connectivity index (χ1v) is 12.3. The molecule has 3 N–H and O–H groups in total. The second-order valence-corrected chi connectivity index (χ2v) is 8.16. The van der Waals surface area contributed by atoms with E-state index < -0.39 is 36.9 Å². The van der Waals surface area contributed by atoms with Crippen molar-refractivity contribution in [2.24, 2.45) is 0 Å². The van der Waals surface area contributed by atoms with Gasteiger partial charge in [0.1, 0.15) is 6.04 Å². The predicted molar refractivity (Wildman–Crippen MR) is 137 cm³/mol. The summed E-state index contributed by atoms with van der Waals surface area (Å²) in [6, 6.07) is 12.1. The Balaban J connectivity index is 2.20. The van der Waals surface area contributed by atoms with Crippen LogP contribution in [0.2, 0.25) is 0 Å². The first-order valence-electron chi connectivity index (χ1n) is 12.3. The van der Waals surface area contributed by atoms with E-state index in [1.165, 1.54) is 0 Å². The standard InChI is InChI=1S/C26H38N4O6/c1-6-27-26(33)29-36-17-23(31)28-18(4)24(32)30(19(5)25(34-7-2)35-8-3)16-21-14-11-13-20-12-9-10-15-22(20)21/h9-15,18-19,25H,6-8,16-17H2,1-5H3,(H,28,31)(H2,27,29,33). The molecule has 0 saturated heterocycles. The number of hydrogen-bond donors (Lipinski definition) is 3. The van der Waals surface area contributed by atoms with Crippen molar-refractivity contribution in [2.45, 2.75) is 59.5 Å². The minimum atomic E-state index is -0.855. The zero-order chi connectivity index (χ0) is 26.5. The van der Waals surface area contributed by atoms with Crippen molar-refractivity contribution in [2.75, 3.05) is 26.4 Å². The second kappa shape index (κ2) is 15.0. The van der Waals surface area contributed by atoms with Gasteiger partial charge in [-0.1, -0.05) is 42.5 Å². The Bertz CT molecular complexity index is 990. The van der Waals surface area contributed by atoms with Crippen LogP contribution in [0.1, 0.15) is 40.2 Å². The largest absolute Gasteiger partial charge is 0.351 e. The van der Waals surface area contributed by atoms with E-state index in [1.54, 1.807) is 18.7 Å². The van der Waals surface area contributed by atoms with Crippen molar-refractivity contribution in [1.82, 2.24) is 21.0 Å². The van der Waals surface area contributed by atoms with Gasteiger partial charge in [-0.05, 0) is 51.0 Å². The molecule has 2 aromatic rings. The summed E-state index contributed by atoms with van der Waals surface area (Å²) in [7, 11) is 0. The Labute approximate surface area is 212 Å². The number of amides is 4. The molecule has 2 rings (SSSR count). The number of carbonyl (C=O) groups is 3. The molecular weight excluding hydrogens is 464 g/mol. The highest BCUT2D eigenvalue weighted by atomic mass is 16.7. The molecule has 0 aliphatic heterocycles. The average molecular weight is 503 g/mol. The van der Waals surface area contributed by atoms with Crippen molar-refractivity contribution in [3.63, 3.8) is 0 Å². The minimum absolute atomic E-state index is 0.299. The lowest BCUT2D eigenvalue weighted by molar-refractivity contribution is -0.179. The molecule has 0 heterocycles. The highest BCUT2D eigenvalue weighted by molar-refractivity contribution is 5.89.